The summed E-state index contributed by atoms with van der Waals surface area (Å²) in [4.78, 5) is 23.5. The molecule has 0 N–H and O–H groups in total. The van der Waals surface area contributed by atoms with Crippen LogP contribution in [-0.4, -0.2) is 23.8 Å². The minimum Gasteiger partial charge on any atom is -0.277 e. The fraction of sp³-hybridized carbons (Fsp3) is 0.400. The molecule has 0 aromatic rings. The quantitative estimate of drug-likeness (QED) is 0.525. The first-order chi connectivity index (χ1) is 6.22. The number of hydrogen-bond acceptors (Lipinski definition) is 2. The first-order valence-corrected chi connectivity index (χ1v) is 4.45. The Labute approximate surface area is 77.7 Å². The van der Waals surface area contributed by atoms with Gasteiger partial charge in [-0.1, -0.05) is 26.0 Å². The highest BCUT2D eigenvalue weighted by molar-refractivity contribution is 6.24. The molecule has 0 spiro atoms. The number of likely N-dealkylation sites (tertiary alicyclic amines) is 1. The standard InChI is InChI=1S/C8H7NO2.C2H6/c1-9-7(10)5-3-2-4-6(5)8(9)11;1-2/h3-4H,2H2,1H3;1-2H3. The molecule has 0 aromatic heterocycles. The molecule has 1 fully saturated rings. The minimum atomic E-state index is -0.168. The van der Waals surface area contributed by atoms with Crippen molar-refractivity contribution in [2.45, 2.75) is 20.3 Å². The van der Waals surface area contributed by atoms with Crippen molar-refractivity contribution in [2.24, 2.45) is 0 Å². The van der Waals surface area contributed by atoms with Gasteiger partial charge >= 0.3 is 0 Å². The average Bonchev–Trinajstić information content (AvgIpc) is 2.71. The zero-order valence-electron chi connectivity index (χ0n) is 8.13. The molecule has 0 aromatic carbocycles. The van der Waals surface area contributed by atoms with E-state index in [9.17, 15) is 9.59 Å². The second kappa shape index (κ2) is 3.56. The Balaban J connectivity index is 0.000000396. The smallest absolute Gasteiger partial charge is 0.260 e. The van der Waals surface area contributed by atoms with Crippen molar-refractivity contribution >= 4 is 11.8 Å². The van der Waals surface area contributed by atoms with Gasteiger partial charge in [0.2, 0.25) is 0 Å². The number of rotatable bonds is 0. The fourth-order valence-electron chi connectivity index (χ4n) is 1.37. The summed E-state index contributed by atoms with van der Waals surface area (Å²) in [5.41, 5.74) is 1.16. The zero-order chi connectivity index (χ0) is 10.0. The van der Waals surface area contributed by atoms with E-state index in [1.54, 1.807) is 12.2 Å². The Morgan fingerprint density at radius 1 is 1.08 bits per heavy atom. The predicted octanol–water partition coefficient (Wildman–Crippen LogP) is 1.27. The van der Waals surface area contributed by atoms with Gasteiger partial charge in [-0.15, -0.1) is 0 Å². The molecule has 3 nitrogen and oxygen atoms in total. The van der Waals surface area contributed by atoms with Crippen molar-refractivity contribution in [3.05, 3.63) is 23.3 Å². The third-order valence-electron chi connectivity index (χ3n) is 2.00. The third-order valence-corrected chi connectivity index (χ3v) is 2.00. The van der Waals surface area contributed by atoms with Crippen molar-refractivity contribution in [2.75, 3.05) is 7.05 Å². The van der Waals surface area contributed by atoms with Crippen molar-refractivity contribution in [1.29, 1.82) is 0 Å². The van der Waals surface area contributed by atoms with Gasteiger partial charge in [0.1, 0.15) is 0 Å². The molecule has 0 radical (unpaired) electrons. The van der Waals surface area contributed by atoms with E-state index in [4.69, 9.17) is 0 Å². The molecule has 1 aliphatic heterocycles. The fourth-order valence-corrected chi connectivity index (χ4v) is 1.37. The molecule has 0 saturated carbocycles. The van der Waals surface area contributed by atoms with Crippen LogP contribution < -0.4 is 0 Å². The number of imide groups is 1. The van der Waals surface area contributed by atoms with Crippen LogP contribution in [0.15, 0.2) is 23.3 Å². The summed E-state index contributed by atoms with van der Waals surface area (Å²) in [7, 11) is 1.50. The van der Waals surface area contributed by atoms with Gasteiger partial charge in [-0.25, -0.2) is 0 Å². The summed E-state index contributed by atoms with van der Waals surface area (Å²) in [6, 6.07) is 0. The second-order valence-corrected chi connectivity index (χ2v) is 2.64. The number of allylic oxidation sites excluding steroid dienone is 2. The van der Waals surface area contributed by atoms with Crippen LogP contribution in [0, 0.1) is 0 Å². The Morgan fingerprint density at radius 2 is 1.46 bits per heavy atom. The average molecular weight is 179 g/mol. The first kappa shape index (κ1) is 9.71. The SMILES string of the molecule is CC.CN1C(=O)C2=CCC=C2C1=O. The maximum atomic E-state index is 11.2. The number of carbonyl (C=O) groups is 2. The van der Waals surface area contributed by atoms with Gasteiger partial charge in [0, 0.05) is 18.2 Å². The lowest BCUT2D eigenvalue weighted by atomic mass is 10.2. The number of nitrogens with zero attached hydrogens (tertiary/aromatic N) is 1. The molecule has 0 atom stereocenters. The maximum Gasteiger partial charge on any atom is 0.260 e. The monoisotopic (exact) mass is 179 g/mol. The number of fused-ring (bicyclic) bond motifs is 1. The van der Waals surface area contributed by atoms with E-state index in [1.807, 2.05) is 13.8 Å². The molecule has 2 aliphatic rings. The van der Waals surface area contributed by atoms with E-state index in [2.05, 4.69) is 0 Å². The highest BCUT2D eigenvalue weighted by Crippen LogP contribution is 2.28. The van der Waals surface area contributed by atoms with Gasteiger partial charge in [0.25, 0.3) is 11.8 Å². The van der Waals surface area contributed by atoms with Crippen LogP contribution in [0.25, 0.3) is 0 Å². The topological polar surface area (TPSA) is 37.4 Å². The van der Waals surface area contributed by atoms with E-state index < -0.39 is 0 Å². The van der Waals surface area contributed by atoms with E-state index in [1.165, 1.54) is 7.05 Å². The summed E-state index contributed by atoms with van der Waals surface area (Å²) in [6.45, 7) is 4.00. The van der Waals surface area contributed by atoms with Crippen molar-refractivity contribution in [3.63, 3.8) is 0 Å². The largest absolute Gasteiger partial charge is 0.277 e. The highest BCUT2D eigenvalue weighted by Gasteiger charge is 2.37. The summed E-state index contributed by atoms with van der Waals surface area (Å²) in [6.07, 6.45) is 4.30. The Hall–Kier alpha value is -1.38. The molecule has 1 heterocycles. The summed E-state index contributed by atoms with van der Waals surface area (Å²) in [5, 5.41) is 0. The van der Waals surface area contributed by atoms with Crippen LogP contribution in [0.1, 0.15) is 20.3 Å². The van der Waals surface area contributed by atoms with Crippen molar-refractivity contribution < 1.29 is 9.59 Å². The number of amides is 2. The third kappa shape index (κ3) is 1.30. The molecule has 0 unspecified atom stereocenters. The van der Waals surface area contributed by atoms with Crippen LogP contribution >= 0.6 is 0 Å². The lowest BCUT2D eigenvalue weighted by Crippen LogP contribution is -2.24. The molecule has 13 heavy (non-hydrogen) atoms. The van der Waals surface area contributed by atoms with Crippen molar-refractivity contribution in [3.8, 4) is 0 Å². The maximum absolute atomic E-state index is 11.2. The Morgan fingerprint density at radius 3 is 1.85 bits per heavy atom. The highest BCUT2D eigenvalue weighted by atomic mass is 16.2. The molecule has 1 aliphatic carbocycles. The lowest BCUT2D eigenvalue weighted by Gasteiger charge is -2.02. The summed E-state index contributed by atoms with van der Waals surface area (Å²) < 4.78 is 0. The molecule has 70 valence electrons. The van der Waals surface area contributed by atoms with Gasteiger partial charge in [0.05, 0.1) is 0 Å². The van der Waals surface area contributed by atoms with Gasteiger partial charge in [-0.05, 0) is 6.42 Å². The summed E-state index contributed by atoms with van der Waals surface area (Å²) in [5.74, 6) is -0.336. The lowest BCUT2D eigenvalue weighted by molar-refractivity contribution is -0.134. The predicted molar refractivity (Wildman–Crippen MR) is 49.9 cm³/mol. The molecule has 0 bridgehead atoms. The Bertz CT molecular complexity index is 283. The summed E-state index contributed by atoms with van der Waals surface area (Å²) >= 11 is 0. The number of hydrogen-bond donors (Lipinski definition) is 0. The second-order valence-electron chi connectivity index (χ2n) is 2.64. The van der Waals surface area contributed by atoms with E-state index in [0.29, 0.717) is 11.1 Å². The Kier molecular flexibility index (Phi) is 2.66. The normalized spacial score (nSPS) is 19.2. The molecule has 3 heteroatoms. The van der Waals surface area contributed by atoms with Gasteiger partial charge in [-0.2, -0.15) is 0 Å². The van der Waals surface area contributed by atoms with E-state index >= 15 is 0 Å². The molecule has 2 amide bonds. The van der Waals surface area contributed by atoms with Gasteiger partial charge in [-0.3, -0.25) is 14.5 Å². The molecular weight excluding hydrogens is 166 g/mol. The molecule has 1 saturated heterocycles. The van der Waals surface area contributed by atoms with Gasteiger partial charge in [0.15, 0.2) is 0 Å². The number of likely N-dealkylation sites (N-methyl/N-ethyl adjacent to an activating group) is 1. The van der Waals surface area contributed by atoms with Crippen LogP contribution in [0.5, 0.6) is 0 Å². The number of carbonyl (C=O) groups excluding carboxylic acids is 2. The van der Waals surface area contributed by atoms with Crippen LogP contribution in [0.3, 0.4) is 0 Å². The first-order valence-electron chi connectivity index (χ1n) is 4.45. The van der Waals surface area contributed by atoms with Crippen LogP contribution in [-0.2, 0) is 9.59 Å². The minimum absolute atomic E-state index is 0.168. The van der Waals surface area contributed by atoms with Gasteiger partial charge < -0.3 is 0 Å². The van der Waals surface area contributed by atoms with E-state index in [-0.39, 0.29) is 11.8 Å². The molecule has 2 rings (SSSR count). The molecular formula is C10H13NO2. The van der Waals surface area contributed by atoms with Crippen LogP contribution in [0.2, 0.25) is 0 Å². The van der Waals surface area contributed by atoms with Crippen LogP contribution in [0.4, 0.5) is 0 Å². The zero-order valence-corrected chi connectivity index (χ0v) is 8.13. The van der Waals surface area contributed by atoms with Crippen molar-refractivity contribution in [1.82, 2.24) is 4.90 Å². The van der Waals surface area contributed by atoms with E-state index in [0.717, 1.165) is 11.3 Å².